The van der Waals surface area contributed by atoms with Crippen molar-refractivity contribution in [2.45, 2.75) is 19.9 Å². The van der Waals surface area contributed by atoms with Gasteiger partial charge in [-0.25, -0.2) is 9.98 Å². The van der Waals surface area contributed by atoms with Crippen molar-refractivity contribution in [2.75, 3.05) is 0 Å². The Morgan fingerprint density at radius 2 is 1.38 bits per heavy atom. The Balaban J connectivity index is 1.69. The number of fused-ring (bicyclic) bond motifs is 6. The summed E-state index contributed by atoms with van der Waals surface area (Å²) < 4.78 is 4.52. The third-order valence-electron chi connectivity index (χ3n) is 6.78. The minimum Gasteiger partial charge on any atom is -0.380 e. The monoisotopic (exact) mass is 442 g/mol. The van der Waals surface area contributed by atoms with Gasteiger partial charge in [0.25, 0.3) is 0 Å². The zero-order chi connectivity index (χ0) is 22.8. The van der Waals surface area contributed by atoms with Gasteiger partial charge >= 0.3 is 0 Å². The smallest absolute Gasteiger partial charge is 0.159 e. The van der Waals surface area contributed by atoms with Gasteiger partial charge < -0.3 is 5.32 Å². The molecule has 0 saturated carbocycles. The van der Waals surface area contributed by atoms with Gasteiger partial charge in [-0.05, 0) is 38.1 Å². The van der Waals surface area contributed by atoms with Crippen molar-refractivity contribution in [3.05, 3.63) is 91.2 Å². The lowest BCUT2D eigenvalue weighted by Gasteiger charge is -2.20. The normalized spacial score (nSPS) is 15.9. The first-order chi connectivity index (χ1) is 16.7. The van der Waals surface area contributed by atoms with Crippen LogP contribution < -0.4 is 5.32 Å². The third-order valence-corrected chi connectivity index (χ3v) is 6.78. The first-order valence-electron chi connectivity index (χ1n) is 11.5. The van der Waals surface area contributed by atoms with E-state index in [1.807, 2.05) is 19.3 Å². The zero-order valence-electron chi connectivity index (χ0n) is 18.9. The topological polar surface area (TPSA) is 60.0 Å². The average molecular weight is 443 g/mol. The summed E-state index contributed by atoms with van der Waals surface area (Å²) in [5, 5.41) is 8.24. The van der Waals surface area contributed by atoms with E-state index in [0.29, 0.717) is 0 Å². The van der Waals surface area contributed by atoms with E-state index in [9.17, 15) is 0 Å². The second-order valence-corrected chi connectivity index (χ2v) is 8.75. The molecular weight excluding hydrogens is 420 g/mol. The highest BCUT2D eigenvalue weighted by atomic mass is 15.1. The molecule has 34 heavy (non-hydrogen) atoms. The molecule has 1 aliphatic heterocycles. The SMILES string of the molecule is Cc1nccnc1-n1c2ccccc2c2cc3c4ccccc4n(C4=NC=CNC4C)c3cc21. The molecule has 0 fully saturated rings. The largest absolute Gasteiger partial charge is 0.380 e. The van der Waals surface area contributed by atoms with Crippen LogP contribution in [0.1, 0.15) is 12.6 Å². The molecule has 3 aromatic carbocycles. The molecule has 0 amide bonds. The predicted octanol–water partition coefficient (Wildman–Crippen LogP) is 5.70. The standard InChI is InChI=1S/C28H22N6/c1-17-27(31-13-11-29-17)33-23-9-5-3-7-19(23)21-15-22-20-8-4-6-10-24(20)34(26(22)16-25(21)33)28-18(2)30-12-14-32-28/h3-17,29H,1-2H3. The van der Waals surface area contributed by atoms with E-state index in [0.717, 1.165) is 39.4 Å². The summed E-state index contributed by atoms with van der Waals surface area (Å²) in [7, 11) is 0. The van der Waals surface area contributed by atoms with Crippen LogP contribution in [-0.2, 0) is 0 Å². The van der Waals surface area contributed by atoms with E-state index in [1.165, 1.54) is 21.5 Å². The lowest BCUT2D eigenvalue weighted by Crippen LogP contribution is -2.36. The summed E-state index contributed by atoms with van der Waals surface area (Å²) in [5.41, 5.74) is 5.40. The van der Waals surface area contributed by atoms with Gasteiger partial charge in [0.1, 0.15) is 5.84 Å². The molecule has 7 rings (SSSR count). The molecule has 6 aromatic rings. The molecular formula is C28H22N6. The van der Waals surface area contributed by atoms with Crippen LogP contribution >= 0.6 is 0 Å². The van der Waals surface area contributed by atoms with Crippen LogP contribution in [0.15, 0.2) is 90.4 Å². The fraction of sp³-hybridized carbons (Fsp3) is 0.107. The van der Waals surface area contributed by atoms with Crippen LogP contribution in [-0.4, -0.2) is 31.0 Å². The number of hydrogen-bond acceptors (Lipinski definition) is 4. The van der Waals surface area contributed by atoms with Crippen molar-refractivity contribution in [3.63, 3.8) is 0 Å². The molecule has 3 aromatic heterocycles. The van der Waals surface area contributed by atoms with Crippen LogP contribution in [0.3, 0.4) is 0 Å². The third kappa shape index (κ3) is 2.53. The second-order valence-electron chi connectivity index (χ2n) is 8.75. The minimum absolute atomic E-state index is 0.0906. The van der Waals surface area contributed by atoms with Crippen LogP contribution in [0.2, 0.25) is 0 Å². The molecule has 0 aliphatic carbocycles. The molecule has 1 aliphatic rings. The summed E-state index contributed by atoms with van der Waals surface area (Å²) in [6, 6.07) is 21.8. The van der Waals surface area contributed by atoms with Crippen molar-refractivity contribution in [1.29, 1.82) is 0 Å². The van der Waals surface area contributed by atoms with E-state index in [1.54, 1.807) is 12.4 Å². The van der Waals surface area contributed by atoms with Crippen molar-refractivity contribution in [1.82, 2.24) is 24.4 Å². The Bertz CT molecular complexity index is 1820. The van der Waals surface area contributed by atoms with Crippen LogP contribution in [0, 0.1) is 6.92 Å². The Morgan fingerprint density at radius 1 is 0.735 bits per heavy atom. The van der Waals surface area contributed by atoms with Gasteiger partial charge in [-0.2, -0.15) is 0 Å². The number of aromatic nitrogens is 4. The van der Waals surface area contributed by atoms with Crippen molar-refractivity contribution in [2.24, 2.45) is 4.99 Å². The maximum atomic E-state index is 4.78. The maximum Gasteiger partial charge on any atom is 0.159 e. The molecule has 0 radical (unpaired) electrons. The van der Waals surface area contributed by atoms with E-state index in [4.69, 9.17) is 9.98 Å². The highest BCUT2D eigenvalue weighted by Crippen LogP contribution is 2.38. The molecule has 4 heterocycles. The van der Waals surface area contributed by atoms with Crippen LogP contribution in [0.25, 0.3) is 49.4 Å². The molecule has 1 N–H and O–H groups in total. The summed E-state index contributed by atoms with van der Waals surface area (Å²) in [6.45, 7) is 4.15. The van der Waals surface area contributed by atoms with E-state index >= 15 is 0 Å². The maximum absolute atomic E-state index is 4.78. The molecule has 164 valence electrons. The molecule has 1 atom stereocenters. The van der Waals surface area contributed by atoms with Crippen molar-refractivity contribution >= 4 is 49.4 Å². The Morgan fingerprint density at radius 3 is 2.09 bits per heavy atom. The van der Waals surface area contributed by atoms with Crippen molar-refractivity contribution in [3.8, 4) is 5.82 Å². The van der Waals surface area contributed by atoms with Gasteiger partial charge in [-0.1, -0.05) is 36.4 Å². The van der Waals surface area contributed by atoms with E-state index in [2.05, 4.69) is 87.0 Å². The van der Waals surface area contributed by atoms with Gasteiger partial charge in [0.05, 0.1) is 33.8 Å². The van der Waals surface area contributed by atoms with Gasteiger partial charge in [0, 0.05) is 46.3 Å². The number of benzene rings is 3. The average Bonchev–Trinajstić information content (AvgIpc) is 3.36. The molecule has 6 nitrogen and oxygen atoms in total. The van der Waals surface area contributed by atoms with Gasteiger partial charge in [-0.3, -0.25) is 14.1 Å². The summed E-state index contributed by atoms with van der Waals surface area (Å²) >= 11 is 0. The Kier molecular flexibility index (Phi) is 3.94. The lowest BCUT2D eigenvalue weighted by molar-refractivity contribution is 0.770. The molecule has 0 spiro atoms. The number of aryl methyl sites for hydroxylation is 1. The Labute approximate surface area is 195 Å². The summed E-state index contributed by atoms with van der Waals surface area (Å²) in [4.78, 5) is 14.0. The van der Waals surface area contributed by atoms with E-state index in [-0.39, 0.29) is 6.04 Å². The molecule has 0 bridgehead atoms. The first kappa shape index (κ1) is 19.1. The van der Waals surface area contributed by atoms with E-state index < -0.39 is 0 Å². The fourth-order valence-corrected chi connectivity index (χ4v) is 5.26. The number of nitrogens with one attached hydrogen (secondary N) is 1. The number of rotatable bonds is 1. The number of nitrogens with zero attached hydrogens (tertiary/aromatic N) is 5. The van der Waals surface area contributed by atoms with Crippen LogP contribution in [0.4, 0.5) is 0 Å². The van der Waals surface area contributed by atoms with Gasteiger partial charge in [0.2, 0.25) is 0 Å². The highest BCUT2D eigenvalue weighted by molar-refractivity contribution is 6.21. The van der Waals surface area contributed by atoms with Crippen molar-refractivity contribution < 1.29 is 0 Å². The predicted molar refractivity (Wildman–Crippen MR) is 139 cm³/mol. The van der Waals surface area contributed by atoms with Gasteiger partial charge in [-0.15, -0.1) is 0 Å². The number of hydrogen-bond donors (Lipinski definition) is 1. The summed E-state index contributed by atoms with van der Waals surface area (Å²) in [5.74, 6) is 1.83. The Hall–Kier alpha value is -4.45. The fourth-order valence-electron chi connectivity index (χ4n) is 5.26. The molecule has 6 heteroatoms. The number of aliphatic imine (C=N–C) groups is 1. The molecule has 1 unspecified atom stereocenters. The molecule has 0 saturated heterocycles. The zero-order valence-corrected chi connectivity index (χ0v) is 18.9. The van der Waals surface area contributed by atoms with Crippen LogP contribution in [0.5, 0.6) is 0 Å². The second kappa shape index (κ2) is 7.02. The van der Waals surface area contributed by atoms with Gasteiger partial charge in [0.15, 0.2) is 5.82 Å². The summed E-state index contributed by atoms with van der Waals surface area (Å²) in [6.07, 6.45) is 7.23. The highest BCUT2D eigenvalue weighted by Gasteiger charge is 2.22. The lowest BCUT2D eigenvalue weighted by atomic mass is 10.1. The quantitative estimate of drug-likeness (QED) is 0.355. The minimum atomic E-state index is 0.0906. The number of para-hydroxylation sites is 2. The first-order valence-corrected chi connectivity index (χ1v) is 11.5.